The van der Waals surface area contributed by atoms with E-state index in [0.29, 0.717) is 6.10 Å². The average Bonchev–Trinajstić information content (AvgIpc) is 2.88. The van der Waals surface area contributed by atoms with Crippen molar-refractivity contribution in [3.63, 3.8) is 0 Å². The zero-order chi connectivity index (χ0) is 11.8. The van der Waals surface area contributed by atoms with Crippen molar-refractivity contribution in [3.05, 3.63) is 0 Å². The molecule has 0 aromatic rings. The van der Waals surface area contributed by atoms with Crippen LogP contribution in [-0.4, -0.2) is 63.4 Å². The van der Waals surface area contributed by atoms with Crippen molar-refractivity contribution in [2.24, 2.45) is 0 Å². The summed E-state index contributed by atoms with van der Waals surface area (Å²) in [6, 6.07) is 0. The number of hydrogen-bond acceptors (Lipinski definition) is 4. The second kappa shape index (κ2) is 8.03. The highest BCUT2D eigenvalue weighted by molar-refractivity contribution is 4.69. The maximum atomic E-state index is 5.58. The van der Waals surface area contributed by atoms with Gasteiger partial charge in [-0.25, -0.2) is 0 Å². The fraction of sp³-hybridized carbons (Fsp3) is 1.00. The molecule has 2 aliphatic rings. The monoisotopic (exact) mass is 241 g/mol. The topological polar surface area (TPSA) is 36.5 Å². The average molecular weight is 241 g/mol. The minimum absolute atomic E-state index is 0.489. The molecule has 100 valence electrons. The lowest BCUT2D eigenvalue weighted by Crippen LogP contribution is -2.43. The molecule has 1 atom stereocenters. The first kappa shape index (κ1) is 13.3. The van der Waals surface area contributed by atoms with E-state index in [2.05, 4.69) is 15.5 Å². The van der Waals surface area contributed by atoms with Crippen LogP contribution in [-0.2, 0) is 4.74 Å². The number of unbranched alkanes of at least 4 members (excludes halogenated alkanes) is 1. The van der Waals surface area contributed by atoms with Crippen molar-refractivity contribution in [1.29, 1.82) is 0 Å². The SMILES string of the molecule is C(CCN1CCNCC1)CNCC1CCCO1. The highest BCUT2D eigenvalue weighted by atomic mass is 16.5. The van der Waals surface area contributed by atoms with Gasteiger partial charge in [-0.15, -0.1) is 0 Å². The first-order chi connectivity index (χ1) is 8.45. The molecule has 0 aromatic heterocycles. The van der Waals surface area contributed by atoms with Gasteiger partial charge in [0, 0.05) is 39.3 Å². The highest BCUT2D eigenvalue weighted by Gasteiger charge is 2.14. The van der Waals surface area contributed by atoms with Crippen LogP contribution in [0.25, 0.3) is 0 Å². The fourth-order valence-electron chi connectivity index (χ4n) is 2.59. The summed E-state index contributed by atoms with van der Waals surface area (Å²) in [7, 11) is 0. The Balaban J connectivity index is 1.38. The van der Waals surface area contributed by atoms with Gasteiger partial charge in [0.05, 0.1) is 6.10 Å². The Morgan fingerprint density at radius 3 is 2.88 bits per heavy atom. The van der Waals surface area contributed by atoms with Gasteiger partial charge in [0.2, 0.25) is 0 Å². The number of nitrogens with zero attached hydrogens (tertiary/aromatic N) is 1. The van der Waals surface area contributed by atoms with Crippen LogP contribution < -0.4 is 10.6 Å². The Kier molecular flexibility index (Phi) is 6.27. The third-order valence-corrected chi connectivity index (χ3v) is 3.68. The zero-order valence-electron chi connectivity index (χ0n) is 10.9. The van der Waals surface area contributed by atoms with Crippen LogP contribution in [0.5, 0.6) is 0 Å². The minimum atomic E-state index is 0.489. The molecule has 2 saturated heterocycles. The number of ether oxygens (including phenoxy) is 1. The predicted molar refractivity (Wildman–Crippen MR) is 70.4 cm³/mol. The van der Waals surface area contributed by atoms with Crippen LogP contribution in [0.3, 0.4) is 0 Å². The maximum absolute atomic E-state index is 5.58. The van der Waals surface area contributed by atoms with Crippen molar-refractivity contribution in [3.8, 4) is 0 Å². The summed E-state index contributed by atoms with van der Waals surface area (Å²) in [6.07, 6.45) is 5.58. The highest BCUT2D eigenvalue weighted by Crippen LogP contribution is 2.10. The summed E-state index contributed by atoms with van der Waals surface area (Å²) in [6.45, 7) is 9.21. The van der Waals surface area contributed by atoms with Crippen LogP contribution in [0.15, 0.2) is 0 Å². The van der Waals surface area contributed by atoms with E-state index in [1.807, 2.05) is 0 Å². The summed E-state index contributed by atoms with van der Waals surface area (Å²) in [4.78, 5) is 2.57. The van der Waals surface area contributed by atoms with Gasteiger partial charge >= 0.3 is 0 Å². The minimum Gasteiger partial charge on any atom is -0.377 e. The van der Waals surface area contributed by atoms with Crippen LogP contribution in [0, 0.1) is 0 Å². The summed E-state index contributed by atoms with van der Waals surface area (Å²) in [5, 5.41) is 6.90. The number of rotatable bonds is 7. The zero-order valence-corrected chi connectivity index (χ0v) is 10.9. The molecular weight excluding hydrogens is 214 g/mol. The normalized spacial score (nSPS) is 26.5. The van der Waals surface area contributed by atoms with Gasteiger partial charge < -0.3 is 20.3 Å². The first-order valence-electron chi connectivity index (χ1n) is 7.20. The van der Waals surface area contributed by atoms with Crippen molar-refractivity contribution >= 4 is 0 Å². The van der Waals surface area contributed by atoms with E-state index in [-0.39, 0.29) is 0 Å². The molecule has 0 amide bonds. The van der Waals surface area contributed by atoms with Gasteiger partial charge in [-0.3, -0.25) is 0 Å². The van der Waals surface area contributed by atoms with E-state index >= 15 is 0 Å². The van der Waals surface area contributed by atoms with E-state index in [1.54, 1.807) is 0 Å². The van der Waals surface area contributed by atoms with Crippen LogP contribution in [0.2, 0.25) is 0 Å². The van der Waals surface area contributed by atoms with Crippen LogP contribution in [0.1, 0.15) is 25.7 Å². The van der Waals surface area contributed by atoms with Gasteiger partial charge in [0.1, 0.15) is 0 Å². The molecule has 2 heterocycles. The molecule has 0 bridgehead atoms. The number of piperazine rings is 1. The van der Waals surface area contributed by atoms with Crippen molar-refractivity contribution in [2.75, 3.05) is 52.4 Å². The molecule has 1 unspecified atom stereocenters. The number of hydrogen-bond donors (Lipinski definition) is 2. The molecule has 2 rings (SSSR count). The van der Waals surface area contributed by atoms with Gasteiger partial charge in [-0.2, -0.15) is 0 Å². The van der Waals surface area contributed by atoms with Crippen molar-refractivity contribution < 1.29 is 4.74 Å². The summed E-state index contributed by atoms with van der Waals surface area (Å²) in [5.74, 6) is 0. The van der Waals surface area contributed by atoms with E-state index in [1.165, 1.54) is 45.3 Å². The molecule has 2 N–H and O–H groups in total. The second-order valence-electron chi connectivity index (χ2n) is 5.14. The first-order valence-corrected chi connectivity index (χ1v) is 7.20. The van der Waals surface area contributed by atoms with Crippen LogP contribution in [0.4, 0.5) is 0 Å². The molecule has 4 heteroatoms. The smallest absolute Gasteiger partial charge is 0.0700 e. The molecule has 0 radical (unpaired) electrons. The second-order valence-corrected chi connectivity index (χ2v) is 5.14. The lowest BCUT2D eigenvalue weighted by molar-refractivity contribution is 0.110. The van der Waals surface area contributed by atoms with Crippen molar-refractivity contribution in [2.45, 2.75) is 31.8 Å². The molecule has 2 aliphatic heterocycles. The van der Waals surface area contributed by atoms with Gasteiger partial charge in [0.15, 0.2) is 0 Å². The molecule has 0 aliphatic carbocycles. The summed E-state index contributed by atoms with van der Waals surface area (Å²) < 4.78 is 5.58. The van der Waals surface area contributed by atoms with E-state index in [0.717, 1.165) is 32.8 Å². The Bertz CT molecular complexity index is 189. The van der Waals surface area contributed by atoms with E-state index in [9.17, 15) is 0 Å². The number of nitrogens with one attached hydrogen (secondary N) is 2. The van der Waals surface area contributed by atoms with Crippen molar-refractivity contribution in [1.82, 2.24) is 15.5 Å². The summed E-state index contributed by atoms with van der Waals surface area (Å²) in [5.41, 5.74) is 0. The van der Waals surface area contributed by atoms with Gasteiger partial charge in [-0.05, 0) is 38.8 Å². The Morgan fingerprint density at radius 2 is 2.12 bits per heavy atom. The van der Waals surface area contributed by atoms with Gasteiger partial charge in [-0.1, -0.05) is 0 Å². The maximum Gasteiger partial charge on any atom is 0.0700 e. The lowest BCUT2D eigenvalue weighted by atomic mass is 10.2. The summed E-state index contributed by atoms with van der Waals surface area (Å²) >= 11 is 0. The Labute approximate surface area is 105 Å². The largest absolute Gasteiger partial charge is 0.377 e. The molecule has 0 aromatic carbocycles. The predicted octanol–water partition coefficient (Wildman–Crippen LogP) is 0.440. The molecule has 17 heavy (non-hydrogen) atoms. The standard InChI is InChI=1S/C13H27N3O/c1(2-8-16-9-6-14-7-10-16)5-15-12-13-4-3-11-17-13/h13-15H,1-12H2. The Hall–Kier alpha value is -0.160. The van der Waals surface area contributed by atoms with Crippen LogP contribution >= 0.6 is 0 Å². The quantitative estimate of drug-likeness (QED) is 0.634. The third kappa shape index (κ3) is 5.34. The molecular formula is C13H27N3O. The van der Waals surface area contributed by atoms with Gasteiger partial charge in [0.25, 0.3) is 0 Å². The Morgan fingerprint density at radius 1 is 1.24 bits per heavy atom. The molecule has 0 spiro atoms. The molecule has 0 saturated carbocycles. The fourth-order valence-corrected chi connectivity index (χ4v) is 2.59. The molecule has 4 nitrogen and oxygen atoms in total. The van der Waals surface area contributed by atoms with E-state index in [4.69, 9.17) is 4.74 Å². The lowest BCUT2D eigenvalue weighted by Gasteiger charge is -2.27. The third-order valence-electron chi connectivity index (χ3n) is 3.68. The van der Waals surface area contributed by atoms with E-state index < -0.39 is 0 Å². The molecule has 2 fully saturated rings.